The highest BCUT2D eigenvalue weighted by Gasteiger charge is 2.26. The van der Waals surface area contributed by atoms with Crippen LogP contribution in [0.5, 0.6) is 0 Å². The molecule has 4 rings (SSSR count). The van der Waals surface area contributed by atoms with E-state index in [0.29, 0.717) is 11.0 Å². The minimum absolute atomic E-state index is 0.0649. The van der Waals surface area contributed by atoms with Crippen molar-refractivity contribution in [2.75, 3.05) is 18.4 Å². The second-order valence-corrected chi connectivity index (χ2v) is 8.47. The van der Waals surface area contributed by atoms with E-state index in [0.717, 1.165) is 30.8 Å². The molecule has 2 N–H and O–H groups in total. The van der Waals surface area contributed by atoms with Crippen LogP contribution in [-0.4, -0.2) is 29.0 Å². The molecule has 2 aromatic heterocycles. The van der Waals surface area contributed by atoms with E-state index < -0.39 is 0 Å². The van der Waals surface area contributed by atoms with Gasteiger partial charge in [0.25, 0.3) is 0 Å². The summed E-state index contributed by atoms with van der Waals surface area (Å²) in [6, 6.07) is 8.40. The van der Waals surface area contributed by atoms with Crippen LogP contribution in [0.25, 0.3) is 10.2 Å². The van der Waals surface area contributed by atoms with Crippen LogP contribution < -0.4 is 10.2 Å². The second kappa shape index (κ2) is 7.19. The van der Waals surface area contributed by atoms with E-state index in [2.05, 4.69) is 39.9 Å². The minimum Gasteiger partial charge on any atom is -0.330 e. The molecule has 0 bridgehead atoms. The highest BCUT2D eigenvalue weighted by atomic mass is 32.1. The van der Waals surface area contributed by atoms with Crippen LogP contribution in [-0.2, 0) is 11.3 Å². The molecule has 0 spiro atoms. The number of rotatable bonds is 4. The average molecular weight is 374 g/mol. The number of thiazole rings is 2. The maximum absolute atomic E-state index is 11.1. The first kappa shape index (κ1) is 16.6. The first-order chi connectivity index (χ1) is 12.2. The van der Waals surface area contributed by atoms with Gasteiger partial charge in [0.1, 0.15) is 12.2 Å². The summed E-state index contributed by atoms with van der Waals surface area (Å²) < 4.78 is 1.29. The third-order valence-electron chi connectivity index (χ3n) is 4.62. The number of para-hydroxylation sites is 1. The van der Waals surface area contributed by atoms with Crippen LogP contribution >= 0.6 is 22.7 Å². The molecule has 1 aromatic carbocycles. The van der Waals surface area contributed by atoms with Crippen molar-refractivity contribution in [3.05, 3.63) is 40.3 Å². The number of piperidine rings is 1. The molecule has 1 amide bonds. The van der Waals surface area contributed by atoms with E-state index in [-0.39, 0.29) is 5.91 Å². The number of carbonyl (C=O) groups excluding carboxylic acids is 1. The highest BCUT2D eigenvalue weighted by Crippen LogP contribution is 2.31. The summed E-state index contributed by atoms with van der Waals surface area (Å²) >= 11 is 3.35. The Balaban J connectivity index is 1.35. The molecule has 3 aromatic rings. The predicted molar refractivity (Wildman–Crippen MR) is 102 cm³/mol. The van der Waals surface area contributed by atoms with Crippen LogP contribution in [0.3, 0.4) is 0 Å². The summed E-state index contributed by atoms with van der Waals surface area (Å²) in [5, 5.41) is 6.80. The summed E-state index contributed by atoms with van der Waals surface area (Å²) in [7, 11) is 0. The maximum atomic E-state index is 11.1. The van der Waals surface area contributed by atoms with Crippen molar-refractivity contribution < 1.29 is 9.69 Å². The van der Waals surface area contributed by atoms with Crippen molar-refractivity contribution in [3.63, 3.8) is 0 Å². The Morgan fingerprint density at radius 1 is 1.28 bits per heavy atom. The molecule has 0 aliphatic carbocycles. The fraction of sp³-hybridized carbons (Fsp3) is 0.389. The number of likely N-dealkylation sites (tertiary alicyclic amines) is 1. The van der Waals surface area contributed by atoms with Gasteiger partial charge in [-0.3, -0.25) is 4.79 Å². The molecular weight excluding hydrogens is 352 g/mol. The quantitative estimate of drug-likeness (QED) is 0.739. The number of hydrogen-bond acceptors (Lipinski definition) is 5. The van der Waals surface area contributed by atoms with E-state index in [1.807, 2.05) is 11.3 Å². The van der Waals surface area contributed by atoms with Crippen molar-refractivity contribution >= 4 is 43.9 Å². The lowest BCUT2D eigenvalue weighted by Crippen LogP contribution is -3.11. The van der Waals surface area contributed by atoms with Crippen LogP contribution in [0.15, 0.2) is 29.6 Å². The Kier molecular flexibility index (Phi) is 4.78. The normalized spacial score (nSPS) is 20.7. The van der Waals surface area contributed by atoms with Gasteiger partial charge in [0.05, 0.1) is 28.3 Å². The van der Waals surface area contributed by atoms with Crippen LogP contribution in [0.4, 0.5) is 5.13 Å². The zero-order chi connectivity index (χ0) is 17.2. The van der Waals surface area contributed by atoms with Crippen LogP contribution in [0.2, 0.25) is 0 Å². The molecule has 1 fully saturated rings. The molecule has 0 radical (unpaired) electrons. The highest BCUT2D eigenvalue weighted by molar-refractivity contribution is 7.18. The van der Waals surface area contributed by atoms with Gasteiger partial charge in [-0.1, -0.05) is 12.1 Å². The number of anilines is 1. The van der Waals surface area contributed by atoms with Crippen molar-refractivity contribution in [3.8, 4) is 0 Å². The number of benzene rings is 1. The van der Waals surface area contributed by atoms with E-state index in [1.54, 1.807) is 4.90 Å². The number of nitrogens with one attached hydrogen (secondary N) is 2. The number of carbonyl (C=O) groups is 1. The number of aromatic nitrogens is 2. The zero-order valence-electron chi connectivity index (χ0n) is 14.1. The number of quaternary nitrogens is 1. The van der Waals surface area contributed by atoms with Gasteiger partial charge in [-0.05, 0) is 12.1 Å². The van der Waals surface area contributed by atoms with Gasteiger partial charge in [-0.15, -0.1) is 22.7 Å². The molecular formula is C18H21N4OS2+. The lowest BCUT2D eigenvalue weighted by Gasteiger charge is -2.27. The third-order valence-corrected chi connectivity index (χ3v) is 6.62. The SMILES string of the molecule is CC(=O)Nc1nc(C[NH+]2CCC(c3nc4ccccc4s3)CC2)cs1. The topological polar surface area (TPSA) is 59.3 Å². The number of nitrogens with zero attached hydrogens (tertiary/aromatic N) is 2. The molecule has 0 saturated carbocycles. The third kappa shape index (κ3) is 3.89. The standard InChI is InChI=1S/C18H20N4OS2/c1-12(23)19-18-20-14(11-24-18)10-22-8-6-13(7-9-22)17-21-15-4-2-3-5-16(15)25-17/h2-5,11,13H,6-10H2,1H3,(H,19,20,23)/p+1. The van der Waals surface area contributed by atoms with Gasteiger partial charge in [0.15, 0.2) is 5.13 Å². The predicted octanol–water partition coefficient (Wildman–Crippen LogP) is 2.67. The summed E-state index contributed by atoms with van der Waals surface area (Å²) in [5.41, 5.74) is 2.20. The molecule has 1 saturated heterocycles. The van der Waals surface area contributed by atoms with Gasteiger partial charge >= 0.3 is 0 Å². The molecule has 1 aliphatic heterocycles. The van der Waals surface area contributed by atoms with E-state index >= 15 is 0 Å². The lowest BCUT2D eigenvalue weighted by atomic mass is 9.97. The Morgan fingerprint density at radius 3 is 2.84 bits per heavy atom. The van der Waals surface area contributed by atoms with E-state index in [1.165, 1.54) is 40.8 Å². The van der Waals surface area contributed by atoms with Crippen molar-refractivity contribution in [2.24, 2.45) is 0 Å². The van der Waals surface area contributed by atoms with Gasteiger partial charge < -0.3 is 10.2 Å². The van der Waals surface area contributed by atoms with Gasteiger partial charge in [0, 0.05) is 31.1 Å². The zero-order valence-corrected chi connectivity index (χ0v) is 15.8. The Bertz CT molecular complexity index is 847. The molecule has 3 heterocycles. The molecule has 25 heavy (non-hydrogen) atoms. The number of amides is 1. The van der Waals surface area contributed by atoms with Gasteiger partial charge in [0.2, 0.25) is 5.91 Å². The Morgan fingerprint density at radius 2 is 2.08 bits per heavy atom. The first-order valence-electron chi connectivity index (χ1n) is 8.58. The second-order valence-electron chi connectivity index (χ2n) is 6.55. The largest absolute Gasteiger partial charge is 0.330 e. The van der Waals surface area contributed by atoms with Gasteiger partial charge in [-0.25, -0.2) is 9.97 Å². The molecule has 5 nitrogen and oxygen atoms in total. The van der Waals surface area contributed by atoms with Crippen LogP contribution in [0, 0.1) is 0 Å². The van der Waals surface area contributed by atoms with Crippen molar-refractivity contribution in [1.82, 2.24) is 9.97 Å². The summed E-state index contributed by atoms with van der Waals surface area (Å²) in [6.07, 6.45) is 2.36. The number of fused-ring (bicyclic) bond motifs is 1. The summed E-state index contributed by atoms with van der Waals surface area (Å²) in [6.45, 7) is 4.74. The fourth-order valence-electron chi connectivity index (χ4n) is 3.37. The summed E-state index contributed by atoms with van der Waals surface area (Å²) in [4.78, 5) is 22.0. The average Bonchev–Trinajstić information content (AvgIpc) is 3.21. The summed E-state index contributed by atoms with van der Waals surface area (Å²) in [5.74, 6) is 0.524. The first-order valence-corrected chi connectivity index (χ1v) is 10.3. The lowest BCUT2D eigenvalue weighted by molar-refractivity contribution is -0.919. The van der Waals surface area contributed by atoms with Crippen molar-refractivity contribution in [2.45, 2.75) is 32.2 Å². The Hall–Kier alpha value is -1.83. The van der Waals surface area contributed by atoms with Crippen LogP contribution in [0.1, 0.15) is 36.4 Å². The smallest absolute Gasteiger partial charge is 0.223 e. The monoisotopic (exact) mass is 373 g/mol. The van der Waals surface area contributed by atoms with Gasteiger partial charge in [-0.2, -0.15) is 0 Å². The molecule has 0 atom stereocenters. The Labute approximate surface area is 154 Å². The molecule has 130 valence electrons. The molecule has 1 aliphatic rings. The van der Waals surface area contributed by atoms with E-state index in [4.69, 9.17) is 4.98 Å². The van der Waals surface area contributed by atoms with Crippen molar-refractivity contribution in [1.29, 1.82) is 0 Å². The maximum Gasteiger partial charge on any atom is 0.223 e. The minimum atomic E-state index is -0.0649. The molecule has 0 unspecified atom stereocenters. The fourth-order valence-corrected chi connectivity index (χ4v) is 5.26. The number of hydrogen-bond donors (Lipinski definition) is 2. The van der Waals surface area contributed by atoms with E-state index in [9.17, 15) is 4.79 Å². The molecule has 7 heteroatoms.